The van der Waals surface area contributed by atoms with Crippen molar-refractivity contribution < 1.29 is 19.2 Å². The van der Waals surface area contributed by atoms with Crippen molar-refractivity contribution in [2.45, 2.75) is 18.3 Å². The summed E-state index contributed by atoms with van der Waals surface area (Å²) in [6, 6.07) is 13.0. The molecular formula is C18H17ClN2O5. The van der Waals surface area contributed by atoms with E-state index in [0.29, 0.717) is 11.1 Å². The van der Waals surface area contributed by atoms with Gasteiger partial charge >= 0.3 is 5.97 Å². The summed E-state index contributed by atoms with van der Waals surface area (Å²) in [5.41, 5.74) is 0.837. The molecule has 0 saturated carbocycles. The summed E-state index contributed by atoms with van der Waals surface area (Å²) in [6.45, 7) is 1.84. The van der Waals surface area contributed by atoms with Gasteiger partial charge in [-0.1, -0.05) is 42.5 Å². The van der Waals surface area contributed by atoms with E-state index < -0.39 is 28.2 Å². The maximum Gasteiger partial charge on any atom is 0.333 e. The molecule has 0 aliphatic heterocycles. The zero-order chi connectivity index (χ0) is 19.1. The van der Waals surface area contributed by atoms with Crippen molar-refractivity contribution in [2.75, 3.05) is 6.61 Å². The normalized spacial score (nSPS) is 12.7. The van der Waals surface area contributed by atoms with E-state index in [2.05, 4.69) is 5.32 Å². The van der Waals surface area contributed by atoms with Crippen molar-refractivity contribution in [3.63, 3.8) is 0 Å². The first kappa shape index (κ1) is 19.4. The second-order valence-electron chi connectivity index (χ2n) is 5.32. The van der Waals surface area contributed by atoms with Gasteiger partial charge in [0, 0.05) is 12.1 Å². The predicted octanol–water partition coefficient (Wildman–Crippen LogP) is 3.30. The lowest BCUT2D eigenvalue weighted by molar-refractivity contribution is -0.384. The molecule has 0 spiro atoms. The van der Waals surface area contributed by atoms with E-state index in [0.717, 1.165) is 0 Å². The molecule has 2 rings (SSSR count). The largest absolute Gasteiger partial charge is 0.464 e. The van der Waals surface area contributed by atoms with Crippen LogP contribution in [0.25, 0.3) is 0 Å². The number of rotatable bonds is 7. The number of carbonyl (C=O) groups is 2. The van der Waals surface area contributed by atoms with E-state index in [9.17, 15) is 19.7 Å². The number of hydrogen-bond acceptors (Lipinski definition) is 5. The summed E-state index contributed by atoms with van der Waals surface area (Å²) in [7, 11) is 0. The predicted molar refractivity (Wildman–Crippen MR) is 95.6 cm³/mol. The SMILES string of the molecule is CCOC(=O)[C@H](NC(=O)[C@H](Cl)c1ccc([N+](=O)[O-])cc1)c1ccccc1. The van der Waals surface area contributed by atoms with Crippen LogP contribution in [0.4, 0.5) is 5.69 Å². The molecule has 26 heavy (non-hydrogen) atoms. The molecule has 0 aromatic heterocycles. The van der Waals surface area contributed by atoms with Crippen molar-refractivity contribution in [1.29, 1.82) is 0 Å². The van der Waals surface area contributed by atoms with Crippen LogP contribution in [0.2, 0.25) is 0 Å². The Morgan fingerprint density at radius 2 is 1.73 bits per heavy atom. The number of alkyl halides is 1. The van der Waals surface area contributed by atoms with Crippen molar-refractivity contribution in [2.24, 2.45) is 0 Å². The van der Waals surface area contributed by atoms with E-state index in [1.807, 2.05) is 0 Å². The second kappa shape index (κ2) is 8.96. The van der Waals surface area contributed by atoms with Gasteiger partial charge in [-0.2, -0.15) is 0 Å². The van der Waals surface area contributed by atoms with Crippen LogP contribution in [0.1, 0.15) is 29.5 Å². The smallest absolute Gasteiger partial charge is 0.333 e. The lowest BCUT2D eigenvalue weighted by Gasteiger charge is -2.19. The fourth-order valence-electron chi connectivity index (χ4n) is 2.28. The molecule has 2 atom stereocenters. The molecule has 0 unspecified atom stereocenters. The lowest BCUT2D eigenvalue weighted by atomic mass is 10.1. The number of nitro groups is 1. The fraction of sp³-hybridized carbons (Fsp3) is 0.222. The van der Waals surface area contributed by atoms with Gasteiger partial charge in [-0.15, -0.1) is 11.6 Å². The number of non-ortho nitro benzene ring substituents is 1. The van der Waals surface area contributed by atoms with Gasteiger partial charge in [-0.25, -0.2) is 4.79 Å². The number of nitrogens with one attached hydrogen (secondary N) is 1. The van der Waals surface area contributed by atoms with Gasteiger partial charge in [0.05, 0.1) is 11.5 Å². The topological polar surface area (TPSA) is 98.5 Å². The first-order chi connectivity index (χ1) is 12.4. The molecular weight excluding hydrogens is 360 g/mol. The minimum absolute atomic E-state index is 0.105. The monoisotopic (exact) mass is 376 g/mol. The summed E-state index contributed by atoms with van der Waals surface area (Å²) in [6.07, 6.45) is 0. The van der Waals surface area contributed by atoms with Gasteiger partial charge in [0.25, 0.3) is 5.69 Å². The molecule has 0 heterocycles. The second-order valence-corrected chi connectivity index (χ2v) is 5.75. The summed E-state index contributed by atoms with van der Waals surface area (Å²) in [5.74, 6) is -1.21. The van der Waals surface area contributed by atoms with Crippen molar-refractivity contribution in [3.8, 4) is 0 Å². The summed E-state index contributed by atoms with van der Waals surface area (Å²) in [4.78, 5) is 34.8. The number of hydrogen-bond donors (Lipinski definition) is 1. The van der Waals surface area contributed by atoms with E-state index in [1.54, 1.807) is 37.3 Å². The van der Waals surface area contributed by atoms with E-state index in [-0.39, 0.29) is 12.3 Å². The highest BCUT2D eigenvalue weighted by Crippen LogP contribution is 2.25. The van der Waals surface area contributed by atoms with Crippen LogP contribution in [-0.2, 0) is 14.3 Å². The van der Waals surface area contributed by atoms with Gasteiger partial charge in [0.1, 0.15) is 5.38 Å². The number of halogens is 1. The van der Waals surface area contributed by atoms with Crippen LogP contribution in [0.15, 0.2) is 54.6 Å². The number of ether oxygens (including phenoxy) is 1. The fourth-order valence-corrected chi connectivity index (χ4v) is 2.49. The third kappa shape index (κ3) is 4.80. The van der Waals surface area contributed by atoms with Crippen LogP contribution >= 0.6 is 11.6 Å². The number of carbonyl (C=O) groups excluding carboxylic acids is 2. The molecule has 136 valence electrons. The molecule has 1 amide bonds. The summed E-state index contributed by atoms with van der Waals surface area (Å²) >= 11 is 6.17. The molecule has 0 aliphatic rings. The van der Waals surface area contributed by atoms with Gasteiger partial charge in [-0.05, 0) is 18.1 Å². The Labute approximate surface area is 155 Å². The van der Waals surface area contributed by atoms with E-state index in [1.165, 1.54) is 24.3 Å². The molecule has 0 aliphatic carbocycles. The van der Waals surface area contributed by atoms with Crippen LogP contribution in [0, 0.1) is 10.1 Å². The third-order valence-corrected chi connectivity index (χ3v) is 4.02. The Bertz CT molecular complexity index is 780. The first-order valence-electron chi connectivity index (χ1n) is 7.84. The molecule has 0 bridgehead atoms. The Hall–Kier alpha value is -2.93. The standard InChI is InChI=1S/C18H17ClN2O5/c1-2-26-18(23)16(13-6-4-3-5-7-13)20-17(22)15(19)12-8-10-14(11-9-12)21(24)25/h3-11,15-16H,2H2,1H3,(H,20,22)/t15-,16-/m1/s1. The molecule has 2 aromatic rings. The third-order valence-electron chi connectivity index (χ3n) is 3.57. The number of nitrogens with zero attached hydrogens (tertiary/aromatic N) is 1. The first-order valence-corrected chi connectivity index (χ1v) is 8.28. The van der Waals surface area contributed by atoms with Gasteiger partial charge in [0.15, 0.2) is 6.04 Å². The molecule has 0 saturated heterocycles. The quantitative estimate of drug-likeness (QED) is 0.346. The number of nitro benzene ring substituents is 1. The average molecular weight is 377 g/mol. The summed E-state index contributed by atoms with van der Waals surface area (Å²) in [5, 5.41) is 12.2. The maximum absolute atomic E-state index is 12.5. The molecule has 1 N–H and O–H groups in total. The Morgan fingerprint density at radius 3 is 2.27 bits per heavy atom. The van der Waals surface area contributed by atoms with Gasteiger partial charge in [0.2, 0.25) is 5.91 Å². The van der Waals surface area contributed by atoms with Crippen molar-refractivity contribution >= 4 is 29.2 Å². The minimum atomic E-state index is -1.11. The van der Waals surface area contributed by atoms with Crippen LogP contribution in [0.5, 0.6) is 0 Å². The molecule has 2 aromatic carbocycles. The van der Waals surface area contributed by atoms with Gasteiger partial charge < -0.3 is 10.1 Å². The number of esters is 1. The molecule has 8 heteroatoms. The van der Waals surface area contributed by atoms with E-state index in [4.69, 9.17) is 16.3 Å². The number of benzene rings is 2. The minimum Gasteiger partial charge on any atom is -0.464 e. The highest BCUT2D eigenvalue weighted by atomic mass is 35.5. The Kier molecular flexibility index (Phi) is 6.68. The maximum atomic E-state index is 12.5. The van der Waals surface area contributed by atoms with Gasteiger partial charge in [-0.3, -0.25) is 14.9 Å². The van der Waals surface area contributed by atoms with Crippen molar-refractivity contribution in [3.05, 3.63) is 75.8 Å². The highest BCUT2D eigenvalue weighted by molar-refractivity contribution is 6.30. The Balaban J connectivity index is 2.17. The van der Waals surface area contributed by atoms with E-state index >= 15 is 0 Å². The zero-order valence-corrected chi connectivity index (χ0v) is 14.7. The lowest BCUT2D eigenvalue weighted by Crippen LogP contribution is -2.36. The molecule has 7 nitrogen and oxygen atoms in total. The highest BCUT2D eigenvalue weighted by Gasteiger charge is 2.27. The molecule has 0 radical (unpaired) electrons. The van der Waals surface area contributed by atoms with Crippen LogP contribution in [0.3, 0.4) is 0 Å². The zero-order valence-electron chi connectivity index (χ0n) is 13.9. The van der Waals surface area contributed by atoms with Crippen LogP contribution < -0.4 is 5.32 Å². The summed E-state index contributed by atoms with van der Waals surface area (Å²) < 4.78 is 5.02. The number of amides is 1. The van der Waals surface area contributed by atoms with Crippen molar-refractivity contribution in [1.82, 2.24) is 5.32 Å². The van der Waals surface area contributed by atoms with Crippen LogP contribution in [-0.4, -0.2) is 23.4 Å². The molecule has 0 fully saturated rings. The average Bonchev–Trinajstić information content (AvgIpc) is 2.66. The Morgan fingerprint density at radius 1 is 1.12 bits per heavy atom.